The molecule has 1 amide bonds. The summed E-state index contributed by atoms with van der Waals surface area (Å²) in [5, 5.41) is 6.84. The normalized spacial score (nSPS) is 25.6. The Morgan fingerprint density at radius 3 is 2.41 bits per heavy atom. The maximum atomic E-state index is 13.5. The van der Waals surface area contributed by atoms with Gasteiger partial charge in [-0.15, -0.1) is 0 Å². The van der Waals surface area contributed by atoms with Gasteiger partial charge in [0.15, 0.2) is 0 Å². The number of rotatable bonds is 4. The van der Waals surface area contributed by atoms with Gasteiger partial charge in [0.25, 0.3) is 5.91 Å². The number of allylic oxidation sites excluding steroid dienone is 1. The molecule has 2 aromatic rings. The largest absolute Gasteiger partial charge is 0.304 e. The van der Waals surface area contributed by atoms with Crippen molar-refractivity contribution in [3.8, 4) is 0 Å². The first kappa shape index (κ1) is 21.1. The van der Waals surface area contributed by atoms with Crippen molar-refractivity contribution in [2.45, 2.75) is 25.3 Å². The van der Waals surface area contributed by atoms with Crippen molar-refractivity contribution in [2.75, 3.05) is 39.8 Å². The van der Waals surface area contributed by atoms with Crippen LogP contribution in [-0.4, -0.2) is 66.2 Å². The molecule has 1 aliphatic carbocycles. The van der Waals surface area contributed by atoms with Gasteiger partial charge in [0.1, 0.15) is 0 Å². The van der Waals surface area contributed by atoms with E-state index < -0.39 is 0 Å². The van der Waals surface area contributed by atoms with E-state index >= 15 is 0 Å². The lowest BCUT2D eigenvalue weighted by Crippen LogP contribution is -2.48. The molecular weight excluding hydrogens is 396 g/mol. The van der Waals surface area contributed by atoms with E-state index in [-0.39, 0.29) is 17.9 Å². The molecule has 5 rings (SSSR count). The zero-order valence-electron chi connectivity index (χ0n) is 18.9. The molecule has 0 radical (unpaired) electrons. The summed E-state index contributed by atoms with van der Waals surface area (Å²) in [7, 11) is 2.14. The van der Waals surface area contributed by atoms with E-state index in [9.17, 15) is 4.79 Å². The molecule has 2 fully saturated rings. The van der Waals surface area contributed by atoms with Gasteiger partial charge >= 0.3 is 0 Å². The number of hydrogen-bond acceptors (Lipinski definition) is 4. The van der Waals surface area contributed by atoms with Crippen molar-refractivity contribution in [1.29, 1.82) is 0 Å². The number of amides is 1. The Hall–Kier alpha value is -2.76. The Morgan fingerprint density at radius 2 is 1.69 bits per heavy atom. The van der Waals surface area contributed by atoms with Crippen LogP contribution in [-0.2, 0) is 4.79 Å². The van der Waals surface area contributed by atoms with Crippen LogP contribution in [0.3, 0.4) is 0 Å². The summed E-state index contributed by atoms with van der Waals surface area (Å²) in [6.07, 6.45) is 5.49. The average Bonchev–Trinajstić information content (AvgIpc) is 3.23. The van der Waals surface area contributed by atoms with Crippen LogP contribution in [0.2, 0.25) is 0 Å². The summed E-state index contributed by atoms with van der Waals surface area (Å²) >= 11 is 0. The fourth-order valence-electron chi connectivity index (χ4n) is 5.21. The van der Waals surface area contributed by atoms with Crippen molar-refractivity contribution in [2.24, 2.45) is 11.0 Å². The Balaban J connectivity index is 1.45. The Bertz CT molecular complexity index is 993. The number of carbonyl (C=O) groups is 1. The smallest absolute Gasteiger partial charge is 0.257 e. The first-order valence-electron chi connectivity index (χ1n) is 11.8. The number of benzene rings is 2. The molecule has 1 saturated heterocycles. The van der Waals surface area contributed by atoms with Crippen molar-refractivity contribution in [1.82, 2.24) is 14.8 Å². The molecule has 2 atom stereocenters. The summed E-state index contributed by atoms with van der Waals surface area (Å²) in [5.74, 6) is 0.377. The molecule has 5 heteroatoms. The minimum absolute atomic E-state index is 0.00867. The van der Waals surface area contributed by atoms with Gasteiger partial charge in [0.2, 0.25) is 0 Å². The molecule has 166 valence electrons. The zero-order valence-corrected chi connectivity index (χ0v) is 18.9. The van der Waals surface area contributed by atoms with E-state index in [1.807, 2.05) is 17.1 Å². The van der Waals surface area contributed by atoms with Crippen LogP contribution < -0.4 is 0 Å². The topological polar surface area (TPSA) is 39.1 Å². The minimum Gasteiger partial charge on any atom is -0.304 e. The molecule has 2 aliphatic heterocycles. The Kier molecular flexibility index (Phi) is 6.19. The van der Waals surface area contributed by atoms with E-state index in [0.717, 1.165) is 51.2 Å². The van der Waals surface area contributed by atoms with Crippen LogP contribution in [0.5, 0.6) is 0 Å². The predicted molar refractivity (Wildman–Crippen MR) is 129 cm³/mol. The highest BCUT2D eigenvalue weighted by atomic mass is 16.2. The fourth-order valence-corrected chi connectivity index (χ4v) is 5.21. The van der Waals surface area contributed by atoms with Crippen molar-refractivity contribution in [3.63, 3.8) is 0 Å². The van der Waals surface area contributed by atoms with E-state index in [1.165, 1.54) is 16.7 Å². The lowest BCUT2D eigenvalue weighted by atomic mass is 9.77. The van der Waals surface area contributed by atoms with Gasteiger partial charge in [0.05, 0.1) is 18.3 Å². The number of carbonyl (C=O) groups excluding carboxylic acids is 1. The lowest BCUT2D eigenvalue weighted by molar-refractivity contribution is -0.135. The number of hydrazone groups is 1. The van der Waals surface area contributed by atoms with Gasteiger partial charge in [-0.05, 0) is 49.1 Å². The Morgan fingerprint density at radius 1 is 1.00 bits per heavy atom. The average molecular weight is 429 g/mol. The third-order valence-electron chi connectivity index (χ3n) is 6.99. The number of likely N-dealkylation sites (N-methyl/N-ethyl adjacent to an activating group) is 1. The number of nitrogens with zero attached hydrogens (tertiary/aromatic N) is 4. The van der Waals surface area contributed by atoms with Crippen LogP contribution in [0.4, 0.5) is 0 Å². The van der Waals surface area contributed by atoms with Crippen molar-refractivity contribution >= 4 is 17.7 Å². The van der Waals surface area contributed by atoms with Crippen molar-refractivity contribution < 1.29 is 4.79 Å². The van der Waals surface area contributed by atoms with Crippen LogP contribution in [0.15, 0.2) is 71.3 Å². The predicted octanol–water partition coefficient (Wildman–Crippen LogP) is 4.06. The second kappa shape index (κ2) is 9.39. The van der Waals surface area contributed by atoms with Crippen LogP contribution >= 0.6 is 0 Å². The molecule has 3 aliphatic rings. The molecule has 32 heavy (non-hydrogen) atoms. The number of piperazine rings is 1. The molecule has 0 unspecified atom stereocenters. The maximum absolute atomic E-state index is 13.5. The maximum Gasteiger partial charge on any atom is 0.257 e. The fraction of sp³-hybridized carbons (Fsp3) is 0.407. The second-order valence-corrected chi connectivity index (χ2v) is 9.24. The highest BCUT2D eigenvalue weighted by molar-refractivity contribution is 6.08. The van der Waals surface area contributed by atoms with Crippen LogP contribution in [0.1, 0.15) is 36.4 Å². The third-order valence-corrected chi connectivity index (χ3v) is 6.99. The lowest BCUT2D eigenvalue weighted by Gasteiger charge is -2.34. The van der Waals surface area contributed by atoms with Gasteiger partial charge in [-0.3, -0.25) is 9.69 Å². The first-order valence-corrected chi connectivity index (χ1v) is 11.8. The molecular formula is C27H32N4O. The number of fused-ring (bicyclic) bond motifs is 1. The number of hydrogen-bond donors (Lipinski definition) is 0. The second-order valence-electron chi connectivity index (χ2n) is 9.24. The molecule has 1 saturated carbocycles. The van der Waals surface area contributed by atoms with E-state index in [0.29, 0.717) is 6.54 Å². The molecule has 0 spiro atoms. The summed E-state index contributed by atoms with van der Waals surface area (Å²) in [4.78, 5) is 18.1. The SMILES string of the molecule is CN1CCN(CC(=O)N2N=C3/C(=C\c4ccccc4)CCC[C@@H]3[C@H]2c2ccccc2)CC1. The van der Waals surface area contributed by atoms with Gasteiger partial charge < -0.3 is 4.90 Å². The van der Waals surface area contributed by atoms with Crippen LogP contribution in [0.25, 0.3) is 6.08 Å². The van der Waals surface area contributed by atoms with Crippen molar-refractivity contribution in [3.05, 3.63) is 77.4 Å². The molecule has 0 N–H and O–H groups in total. The molecule has 2 aromatic carbocycles. The quantitative estimate of drug-likeness (QED) is 0.737. The summed E-state index contributed by atoms with van der Waals surface area (Å²) in [5.41, 5.74) is 4.78. The first-order chi connectivity index (χ1) is 15.7. The van der Waals surface area contributed by atoms with Gasteiger partial charge in [-0.2, -0.15) is 5.10 Å². The van der Waals surface area contributed by atoms with Gasteiger partial charge in [-0.1, -0.05) is 60.7 Å². The van der Waals surface area contributed by atoms with Gasteiger partial charge in [0, 0.05) is 32.1 Å². The summed E-state index contributed by atoms with van der Waals surface area (Å²) in [6, 6.07) is 20.9. The Labute approximate surface area is 191 Å². The molecule has 2 heterocycles. The highest BCUT2D eigenvalue weighted by Crippen LogP contribution is 2.44. The molecule has 0 aromatic heterocycles. The molecule has 5 nitrogen and oxygen atoms in total. The summed E-state index contributed by atoms with van der Waals surface area (Å²) in [6.45, 7) is 4.34. The zero-order chi connectivity index (χ0) is 21.9. The highest BCUT2D eigenvalue weighted by Gasteiger charge is 2.43. The standard InChI is InChI=1S/C27H32N4O/c1-29-15-17-30(18-16-29)20-25(32)31-27(22-11-6-3-7-12-22)24-14-8-13-23(26(24)28-31)19-21-9-4-2-5-10-21/h2-7,9-12,19,24,27H,8,13-18,20H2,1H3/b23-19-/t24-,27+/m0/s1. The minimum atomic E-state index is -0.00867. The van der Waals surface area contributed by atoms with Crippen LogP contribution in [0, 0.1) is 5.92 Å². The van der Waals surface area contributed by atoms with E-state index in [4.69, 9.17) is 5.10 Å². The van der Waals surface area contributed by atoms with Gasteiger partial charge in [-0.25, -0.2) is 5.01 Å². The van der Waals surface area contributed by atoms with E-state index in [1.54, 1.807) is 0 Å². The molecule has 0 bridgehead atoms. The monoisotopic (exact) mass is 428 g/mol. The summed E-state index contributed by atoms with van der Waals surface area (Å²) < 4.78 is 0. The van der Waals surface area contributed by atoms with E-state index in [2.05, 4.69) is 71.5 Å². The third kappa shape index (κ3) is 4.41.